The van der Waals surface area contributed by atoms with Crippen LogP contribution in [-0.2, 0) is 0 Å². The van der Waals surface area contributed by atoms with E-state index in [-0.39, 0.29) is 0 Å². The van der Waals surface area contributed by atoms with Crippen molar-refractivity contribution in [2.45, 2.75) is 45.6 Å². The summed E-state index contributed by atoms with van der Waals surface area (Å²) in [6.45, 7) is 8.17. The van der Waals surface area contributed by atoms with Gasteiger partial charge in [0.1, 0.15) is 0 Å². The Hall–Kier alpha value is -2.04. The molecule has 0 amide bonds. The normalized spacial score (nSPS) is 16.3. The van der Waals surface area contributed by atoms with E-state index >= 15 is 0 Å². The summed E-state index contributed by atoms with van der Waals surface area (Å²) in [6.07, 6.45) is 2.15. The standard InChI is InChI=1S/C17H24N4O/c1-12(2)16-19-17(22-20-16)21-9-7-14(8-10-21)18-15-6-4-5-13(3)11-15/h4-6,11-12,14,18H,7-10H2,1-3H3. The Kier molecular flexibility index (Phi) is 4.32. The molecule has 118 valence electrons. The van der Waals surface area contributed by atoms with Crippen molar-refractivity contribution in [3.63, 3.8) is 0 Å². The van der Waals surface area contributed by atoms with Crippen LogP contribution in [0.1, 0.15) is 44.0 Å². The number of nitrogens with one attached hydrogen (secondary N) is 1. The van der Waals surface area contributed by atoms with E-state index in [0.717, 1.165) is 31.8 Å². The van der Waals surface area contributed by atoms with Crippen LogP contribution in [0.25, 0.3) is 0 Å². The molecule has 0 atom stereocenters. The van der Waals surface area contributed by atoms with Gasteiger partial charge in [0.25, 0.3) is 0 Å². The minimum absolute atomic E-state index is 0.304. The molecule has 0 bridgehead atoms. The highest BCUT2D eigenvalue weighted by Crippen LogP contribution is 2.22. The molecule has 5 nitrogen and oxygen atoms in total. The zero-order valence-electron chi connectivity index (χ0n) is 13.5. The second kappa shape index (κ2) is 6.38. The molecule has 0 aliphatic carbocycles. The largest absolute Gasteiger partial charge is 0.382 e. The predicted octanol–water partition coefficient (Wildman–Crippen LogP) is 3.58. The second-order valence-corrected chi connectivity index (χ2v) is 6.36. The van der Waals surface area contributed by atoms with Crippen molar-refractivity contribution < 1.29 is 4.52 Å². The second-order valence-electron chi connectivity index (χ2n) is 6.36. The van der Waals surface area contributed by atoms with Crippen LogP contribution in [-0.4, -0.2) is 29.3 Å². The fraction of sp³-hybridized carbons (Fsp3) is 0.529. The molecule has 5 heteroatoms. The van der Waals surface area contributed by atoms with E-state index < -0.39 is 0 Å². The molecule has 1 aromatic heterocycles. The van der Waals surface area contributed by atoms with Crippen molar-refractivity contribution in [2.24, 2.45) is 0 Å². The third-order valence-corrected chi connectivity index (χ3v) is 4.10. The van der Waals surface area contributed by atoms with Crippen LogP contribution in [0.5, 0.6) is 0 Å². The summed E-state index contributed by atoms with van der Waals surface area (Å²) in [5, 5.41) is 7.67. The first-order chi connectivity index (χ1) is 10.6. The summed E-state index contributed by atoms with van der Waals surface area (Å²) in [5.74, 6) is 1.09. The maximum Gasteiger partial charge on any atom is 0.324 e. The molecule has 3 rings (SSSR count). The third kappa shape index (κ3) is 3.40. The Bertz CT molecular complexity index is 615. The van der Waals surface area contributed by atoms with Crippen LogP contribution in [0.4, 0.5) is 11.7 Å². The number of piperidine rings is 1. The van der Waals surface area contributed by atoms with Crippen molar-refractivity contribution in [3.8, 4) is 0 Å². The Morgan fingerprint density at radius 3 is 2.68 bits per heavy atom. The van der Waals surface area contributed by atoms with Crippen molar-refractivity contribution in [2.75, 3.05) is 23.3 Å². The summed E-state index contributed by atoms with van der Waals surface area (Å²) in [7, 11) is 0. The zero-order valence-corrected chi connectivity index (χ0v) is 13.5. The quantitative estimate of drug-likeness (QED) is 0.935. The van der Waals surface area contributed by atoms with Gasteiger partial charge in [0.15, 0.2) is 5.82 Å². The van der Waals surface area contributed by atoms with Crippen LogP contribution in [0.3, 0.4) is 0 Å². The monoisotopic (exact) mass is 300 g/mol. The summed E-state index contributed by atoms with van der Waals surface area (Å²) in [4.78, 5) is 6.67. The Morgan fingerprint density at radius 2 is 2.05 bits per heavy atom. The number of anilines is 2. The average molecular weight is 300 g/mol. The van der Waals surface area contributed by atoms with Gasteiger partial charge in [-0.2, -0.15) is 4.98 Å². The molecule has 1 aliphatic heterocycles. The SMILES string of the molecule is Cc1cccc(NC2CCN(c3nc(C(C)C)no3)CC2)c1. The topological polar surface area (TPSA) is 54.2 Å². The smallest absolute Gasteiger partial charge is 0.324 e. The Labute approximate surface area is 131 Å². The predicted molar refractivity (Wildman–Crippen MR) is 88.4 cm³/mol. The summed E-state index contributed by atoms with van der Waals surface area (Å²) >= 11 is 0. The molecule has 1 N–H and O–H groups in total. The van der Waals surface area contributed by atoms with Crippen LogP contribution in [0, 0.1) is 6.92 Å². The van der Waals surface area contributed by atoms with E-state index in [4.69, 9.17) is 4.52 Å². The maximum absolute atomic E-state index is 5.38. The summed E-state index contributed by atoms with van der Waals surface area (Å²) in [5.41, 5.74) is 2.49. The van der Waals surface area contributed by atoms with Crippen molar-refractivity contribution >= 4 is 11.7 Å². The summed E-state index contributed by atoms with van der Waals surface area (Å²) in [6, 6.07) is 9.71. The van der Waals surface area contributed by atoms with Crippen LogP contribution < -0.4 is 10.2 Å². The first kappa shape index (κ1) is 14.9. The van der Waals surface area contributed by atoms with Crippen molar-refractivity contribution in [1.82, 2.24) is 10.1 Å². The van der Waals surface area contributed by atoms with Gasteiger partial charge in [-0.25, -0.2) is 0 Å². The van der Waals surface area contributed by atoms with Gasteiger partial charge in [0, 0.05) is 30.7 Å². The first-order valence-corrected chi connectivity index (χ1v) is 8.03. The first-order valence-electron chi connectivity index (χ1n) is 8.03. The molecule has 0 unspecified atom stereocenters. The lowest BCUT2D eigenvalue weighted by atomic mass is 10.0. The molecule has 0 radical (unpaired) electrons. The molecular weight excluding hydrogens is 276 g/mol. The van der Waals surface area contributed by atoms with Gasteiger partial charge in [-0.15, -0.1) is 0 Å². The van der Waals surface area contributed by atoms with E-state index in [1.165, 1.54) is 11.3 Å². The van der Waals surface area contributed by atoms with E-state index in [9.17, 15) is 0 Å². The lowest BCUT2D eigenvalue weighted by Crippen LogP contribution is -2.39. The van der Waals surface area contributed by atoms with Crippen molar-refractivity contribution in [3.05, 3.63) is 35.7 Å². The average Bonchev–Trinajstić information content (AvgIpc) is 2.98. The number of benzene rings is 1. The lowest BCUT2D eigenvalue weighted by Gasteiger charge is -2.31. The molecule has 0 saturated carbocycles. The highest BCUT2D eigenvalue weighted by Gasteiger charge is 2.23. The molecule has 1 aliphatic rings. The molecule has 1 saturated heterocycles. The van der Waals surface area contributed by atoms with E-state index in [0.29, 0.717) is 18.0 Å². The Morgan fingerprint density at radius 1 is 1.27 bits per heavy atom. The van der Waals surface area contributed by atoms with E-state index in [1.807, 2.05) is 0 Å². The number of hydrogen-bond donors (Lipinski definition) is 1. The van der Waals surface area contributed by atoms with Gasteiger partial charge in [0.2, 0.25) is 0 Å². The van der Waals surface area contributed by atoms with Crippen LogP contribution in [0.2, 0.25) is 0 Å². The minimum atomic E-state index is 0.304. The summed E-state index contributed by atoms with van der Waals surface area (Å²) < 4.78 is 5.38. The minimum Gasteiger partial charge on any atom is -0.382 e. The molecule has 2 aromatic rings. The molecule has 0 spiro atoms. The van der Waals surface area contributed by atoms with Crippen molar-refractivity contribution in [1.29, 1.82) is 0 Å². The molecule has 1 fully saturated rings. The fourth-order valence-electron chi connectivity index (χ4n) is 2.78. The molecule has 1 aromatic carbocycles. The van der Waals surface area contributed by atoms with Gasteiger partial charge in [-0.05, 0) is 37.5 Å². The van der Waals surface area contributed by atoms with Crippen LogP contribution in [0.15, 0.2) is 28.8 Å². The van der Waals surface area contributed by atoms with E-state index in [2.05, 4.69) is 65.4 Å². The zero-order chi connectivity index (χ0) is 15.5. The highest BCUT2D eigenvalue weighted by atomic mass is 16.5. The molecule has 22 heavy (non-hydrogen) atoms. The number of aromatic nitrogens is 2. The fourth-order valence-corrected chi connectivity index (χ4v) is 2.78. The number of rotatable bonds is 4. The lowest BCUT2D eigenvalue weighted by molar-refractivity contribution is 0.390. The highest BCUT2D eigenvalue weighted by molar-refractivity contribution is 5.46. The number of aryl methyl sites for hydroxylation is 1. The van der Waals surface area contributed by atoms with Gasteiger partial charge in [0.05, 0.1) is 0 Å². The van der Waals surface area contributed by atoms with Gasteiger partial charge < -0.3 is 14.7 Å². The van der Waals surface area contributed by atoms with Crippen LogP contribution >= 0.6 is 0 Å². The van der Waals surface area contributed by atoms with Gasteiger partial charge >= 0.3 is 6.01 Å². The van der Waals surface area contributed by atoms with Gasteiger partial charge in [-0.3, -0.25) is 0 Å². The molecule has 2 heterocycles. The number of hydrogen-bond acceptors (Lipinski definition) is 5. The Balaban J connectivity index is 1.55. The van der Waals surface area contributed by atoms with Gasteiger partial charge in [-0.1, -0.05) is 31.1 Å². The number of nitrogens with zero attached hydrogens (tertiary/aromatic N) is 3. The molecular formula is C17H24N4O. The maximum atomic E-state index is 5.38. The third-order valence-electron chi connectivity index (χ3n) is 4.10. The van der Waals surface area contributed by atoms with E-state index in [1.54, 1.807) is 0 Å².